The average Bonchev–Trinajstić information content (AvgIpc) is 2.84. The van der Waals surface area contributed by atoms with Crippen molar-refractivity contribution in [3.8, 4) is 0 Å². The summed E-state index contributed by atoms with van der Waals surface area (Å²) in [5.74, 6) is -0.715. The Balaban J connectivity index is 1.66. The number of sulfonamides is 1. The number of aliphatic imine (C=N–C) groups is 1. The van der Waals surface area contributed by atoms with E-state index in [0.717, 1.165) is 0 Å². The summed E-state index contributed by atoms with van der Waals surface area (Å²) >= 11 is 0. The predicted octanol–water partition coefficient (Wildman–Crippen LogP) is 3.97. The topological polar surface area (TPSA) is 87.8 Å². The fourth-order valence-corrected chi connectivity index (χ4v) is 5.76. The lowest BCUT2D eigenvalue weighted by Gasteiger charge is -2.37. The highest BCUT2D eigenvalue weighted by Crippen LogP contribution is 2.38. The Labute approximate surface area is 202 Å². The van der Waals surface area contributed by atoms with Crippen molar-refractivity contribution in [1.29, 1.82) is 0 Å². The Bertz CT molecular complexity index is 1480. The van der Waals surface area contributed by atoms with Crippen LogP contribution in [0.4, 0.5) is 8.78 Å². The molecule has 0 aromatic heterocycles. The predicted molar refractivity (Wildman–Crippen MR) is 131 cm³/mol. The number of benzene rings is 3. The van der Waals surface area contributed by atoms with Crippen LogP contribution in [0.5, 0.6) is 0 Å². The Morgan fingerprint density at radius 3 is 2.37 bits per heavy atom. The Morgan fingerprint density at radius 2 is 1.66 bits per heavy atom. The summed E-state index contributed by atoms with van der Waals surface area (Å²) in [6.45, 7) is 0.0563. The summed E-state index contributed by atoms with van der Waals surface area (Å²) in [6.07, 6.45) is 1.72. The van der Waals surface area contributed by atoms with Gasteiger partial charge in [0.25, 0.3) is 0 Å². The summed E-state index contributed by atoms with van der Waals surface area (Å²) in [5, 5.41) is 3.06. The molecule has 2 aliphatic heterocycles. The second-order valence-electron chi connectivity index (χ2n) is 8.31. The minimum atomic E-state index is -3.87. The van der Waals surface area contributed by atoms with Gasteiger partial charge < -0.3 is 11.1 Å². The maximum absolute atomic E-state index is 14.1. The highest BCUT2D eigenvalue weighted by molar-refractivity contribution is 7.89. The van der Waals surface area contributed by atoms with Gasteiger partial charge in [0.15, 0.2) is 5.96 Å². The fourth-order valence-electron chi connectivity index (χ4n) is 4.34. The number of nitrogens with one attached hydrogen (secondary N) is 1. The summed E-state index contributed by atoms with van der Waals surface area (Å²) in [5.41, 5.74) is 9.03. The van der Waals surface area contributed by atoms with Gasteiger partial charge in [0.2, 0.25) is 10.0 Å². The van der Waals surface area contributed by atoms with Gasteiger partial charge in [-0.2, -0.15) is 4.31 Å². The lowest BCUT2D eigenvalue weighted by molar-refractivity contribution is 0.436. The van der Waals surface area contributed by atoms with Crippen LogP contribution >= 0.6 is 0 Å². The van der Waals surface area contributed by atoms with Crippen LogP contribution in [0.3, 0.4) is 0 Å². The first-order chi connectivity index (χ1) is 16.8. The van der Waals surface area contributed by atoms with Crippen molar-refractivity contribution in [1.82, 2.24) is 9.62 Å². The zero-order chi connectivity index (χ0) is 24.6. The van der Waals surface area contributed by atoms with Gasteiger partial charge >= 0.3 is 0 Å². The lowest BCUT2D eigenvalue weighted by Crippen LogP contribution is -2.46. The molecule has 1 unspecified atom stereocenters. The van der Waals surface area contributed by atoms with Crippen LogP contribution in [0.15, 0.2) is 106 Å². The molecule has 2 heterocycles. The normalized spacial score (nSPS) is 19.8. The van der Waals surface area contributed by atoms with Crippen molar-refractivity contribution < 1.29 is 17.2 Å². The molecule has 6 nitrogen and oxygen atoms in total. The fraction of sp³-hybridized carbons (Fsp3) is 0.115. The van der Waals surface area contributed by atoms with Gasteiger partial charge in [-0.25, -0.2) is 22.2 Å². The number of rotatable bonds is 4. The number of halogens is 2. The molecule has 0 bridgehead atoms. The van der Waals surface area contributed by atoms with Gasteiger partial charge in [-0.15, -0.1) is 0 Å². The highest BCUT2D eigenvalue weighted by atomic mass is 32.2. The van der Waals surface area contributed by atoms with Crippen LogP contribution < -0.4 is 11.1 Å². The van der Waals surface area contributed by atoms with E-state index >= 15 is 0 Å². The summed E-state index contributed by atoms with van der Waals surface area (Å²) < 4.78 is 56.4. The molecule has 2 aliphatic rings. The monoisotopic (exact) mass is 492 g/mol. The smallest absolute Gasteiger partial charge is 0.243 e. The number of guanidine groups is 1. The van der Waals surface area contributed by atoms with Gasteiger partial charge in [-0.3, -0.25) is 0 Å². The molecule has 0 fully saturated rings. The third-order valence-corrected chi connectivity index (χ3v) is 7.73. The molecule has 3 aromatic rings. The number of hydrogen-bond acceptors (Lipinski definition) is 5. The third-order valence-electron chi connectivity index (χ3n) is 5.92. The number of hydrogen-bond donors (Lipinski definition) is 2. The SMILES string of the molecule is NC1=NC(c2cccc(F)c2)C2=C(N1)/C(=C/c1cccc(F)c1)CN(S(=O)(=O)c1ccccc1)C2. The zero-order valence-electron chi connectivity index (χ0n) is 18.5. The van der Waals surface area contributed by atoms with E-state index in [-0.39, 0.29) is 23.9 Å². The van der Waals surface area contributed by atoms with Crippen molar-refractivity contribution >= 4 is 22.1 Å². The van der Waals surface area contributed by atoms with Gasteiger partial charge in [0.05, 0.1) is 4.90 Å². The zero-order valence-corrected chi connectivity index (χ0v) is 19.3. The summed E-state index contributed by atoms with van der Waals surface area (Å²) in [7, 11) is -3.87. The van der Waals surface area contributed by atoms with E-state index in [4.69, 9.17) is 5.73 Å². The van der Waals surface area contributed by atoms with Gasteiger partial charge in [-0.05, 0) is 64.7 Å². The average molecular weight is 493 g/mol. The van der Waals surface area contributed by atoms with Crippen molar-refractivity contribution in [3.63, 3.8) is 0 Å². The van der Waals surface area contributed by atoms with E-state index in [1.807, 2.05) is 0 Å². The minimum absolute atomic E-state index is 0.0258. The molecule has 0 saturated heterocycles. The van der Waals surface area contributed by atoms with Gasteiger partial charge in [-0.1, -0.05) is 42.5 Å². The molecule has 3 aromatic carbocycles. The Hall–Kier alpha value is -3.82. The van der Waals surface area contributed by atoms with Gasteiger partial charge in [0.1, 0.15) is 17.7 Å². The first kappa shape index (κ1) is 22.9. The van der Waals surface area contributed by atoms with E-state index < -0.39 is 27.7 Å². The molecule has 35 heavy (non-hydrogen) atoms. The largest absolute Gasteiger partial charge is 0.370 e. The quantitative estimate of drug-likeness (QED) is 0.577. The maximum atomic E-state index is 14.1. The van der Waals surface area contributed by atoms with Crippen molar-refractivity contribution in [2.24, 2.45) is 10.7 Å². The number of nitrogens with zero attached hydrogens (tertiary/aromatic N) is 2. The lowest BCUT2D eigenvalue weighted by atomic mass is 9.90. The van der Waals surface area contributed by atoms with Crippen LogP contribution in [-0.2, 0) is 10.0 Å². The van der Waals surface area contributed by atoms with E-state index in [2.05, 4.69) is 10.3 Å². The third kappa shape index (κ3) is 4.60. The molecule has 5 rings (SSSR count). The van der Waals surface area contributed by atoms with E-state index in [1.54, 1.807) is 48.5 Å². The van der Waals surface area contributed by atoms with Crippen molar-refractivity contribution in [3.05, 3.63) is 118 Å². The molecular formula is C26H22F2N4O2S. The first-order valence-electron chi connectivity index (χ1n) is 10.9. The summed E-state index contributed by atoms with van der Waals surface area (Å²) in [6, 6.07) is 19.4. The van der Waals surface area contributed by atoms with Crippen LogP contribution in [0.1, 0.15) is 17.2 Å². The molecule has 178 valence electrons. The highest BCUT2D eigenvalue weighted by Gasteiger charge is 2.37. The van der Waals surface area contributed by atoms with Crippen molar-refractivity contribution in [2.75, 3.05) is 13.1 Å². The molecule has 0 saturated carbocycles. The number of nitrogens with two attached hydrogens (primary N) is 1. The second kappa shape index (κ2) is 9.09. The Kier molecular flexibility index (Phi) is 5.96. The molecular weight excluding hydrogens is 470 g/mol. The van der Waals surface area contributed by atoms with Crippen LogP contribution in [0.2, 0.25) is 0 Å². The van der Waals surface area contributed by atoms with Crippen LogP contribution in [-0.4, -0.2) is 31.8 Å². The molecule has 3 N–H and O–H groups in total. The van der Waals surface area contributed by atoms with Crippen LogP contribution in [0.25, 0.3) is 6.08 Å². The molecule has 0 amide bonds. The molecule has 1 atom stereocenters. The van der Waals surface area contributed by atoms with Gasteiger partial charge in [0, 0.05) is 18.8 Å². The molecule has 9 heteroatoms. The molecule has 0 aliphatic carbocycles. The standard InChI is InChI=1S/C26H22F2N4O2S/c27-20-8-4-6-17(13-20)12-19-15-32(35(33,34)22-10-2-1-3-11-22)16-23-24(30-26(29)31-25(19)23)18-7-5-9-21(28)14-18/h1-14,24H,15-16H2,(H3,29,30,31)/b19-12+. The minimum Gasteiger partial charge on any atom is -0.370 e. The molecule has 0 spiro atoms. The van der Waals surface area contributed by atoms with E-state index in [0.29, 0.717) is 28.0 Å². The van der Waals surface area contributed by atoms with Crippen molar-refractivity contribution in [2.45, 2.75) is 10.9 Å². The van der Waals surface area contributed by atoms with E-state index in [1.165, 1.54) is 40.7 Å². The summed E-state index contributed by atoms with van der Waals surface area (Å²) in [4.78, 5) is 4.63. The second-order valence-corrected chi connectivity index (χ2v) is 10.2. The maximum Gasteiger partial charge on any atom is 0.243 e. The molecule has 0 radical (unpaired) electrons. The van der Waals surface area contributed by atoms with E-state index in [9.17, 15) is 17.2 Å². The first-order valence-corrected chi connectivity index (χ1v) is 12.4. The Morgan fingerprint density at radius 1 is 0.943 bits per heavy atom. The van der Waals surface area contributed by atoms with Crippen LogP contribution in [0, 0.1) is 11.6 Å².